The first-order valence-corrected chi connectivity index (χ1v) is 23.2. The molecule has 1 aliphatic heterocycles. The molecule has 0 bridgehead atoms. The number of aliphatic hydroxyl groups excluding tert-OH is 5. The van der Waals surface area contributed by atoms with E-state index in [9.17, 15) is 38.7 Å². The van der Waals surface area contributed by atoms with Gasteiger partial charge in [-0.2, -0.15) is 8.42 Å². The Kier molecular flexibility index (Phi) is 31.3. The maximum absolute atomic E-state index is 13.0. The van der Waals surface area contributed by atoms with E-state index >= 15 is 0 Å². The fourth-order valence-electron chi connectivity index (χ4n) is 6.82. The Morgan fingerprint density at radius 1 is 0.714 bits per heavy atom. The molecule has 0 aromatic carbocycles. The summed E-state index contributed by atoms with van der Waals surface area (Å²) in [4.78, 5) is 13.0. The fraction of sp³-hybridized carbons (Fsp3) is 0.881. The van der Waals surface area contributed by atoms with Crippen molar-refractivity contribution >= 4 is 16.3 Å². The molecule has 8 atom stereocenters. The molecule has 1 heterocycles. The van der Waals surface area contributed by atoms with Gasteiger partial charge in [-0.15, -0.1) is 0 Å². The minimum Gasteiger partial charge on any atom is -0.394 e. The Hall–Kier alpha value is -1.46. The molecule has 0 saturated carbocycles. The molecule has 1 saturated heterocycles. The van der Waals surface area contributed by atoms with E-state index in [4.69, 9.17) is 14.0 Å². The Bertz CT molecular complexity index is 1120. The number of rotatable bonds is 36. The summed E-state index contributed by atoms with van der Waals surface area (Å²) in [7, 11) is -5.11. The van der Waals surface area contributed by atoms with Crippen LogP contribution < -0.4 is 5.32 Å². The minimum atomic E-state index is -5.11. The second-order valence-electron chi connectivity index (χ2n) is 15.4. The molecule has 1 fully saturated rings. The van der Waals surface area contributed by atoms with Crippen LogP contribution in [0.5, 0.6) is 0 Å². The van der Waals surface area contributed by atoms with Gasteiger partial charge in [-0.05, 0) is 25.7 Å². The second kappa shape index (κ2) is 33.4. The first kappa shape index (κ1) is 52.6. The zero-order valence-corrected chi connectivity index (χ0v) is 35.4. The second-order valence-corrected chi connectivity index (χ2v) is 16.5. The van der Waals surface area contributed by atoms with Crippen LogP contribution in [0.4, 0.5) is 0 Å². The van der Waals surface area contributed by atoms with E-state index in [2.05, 4.69) is 35.5 Å². The van der Waals surface area contributed by atoms with Crippen molar-refractivity contribution in [3.63, 3.8) is 0 Å². The van der Waals surface area contributed by atoms with Crippen LogP contribution in [0.25, 0.3) is 0 Å². The summed E-state index contributed by atoms with van der Waals surface area (Å²) in [6.45, 7) is 3.10. The molecule has 1 rings (SSSR count). The predicted molar refractivity (Wildman–Crippen MR) is 219 cm³/mol. The standard InChI is InChI=1S/C42H79NO12S/c1-3-5-7-9-11-13-14-15-16-17-18-19-20-21-22-23-25-27-29-31-36(46)41(49)43-34(35(45)30-28-26-24-12-10-8-6-4-2)33-53-42-39(48)40(55-56(50,51)52)38(47)37(32-44)54-42/h10,12,28,30,34-40,42,44-48H,3-9,11,13-27,29,31-33H2,1-2H3,(H,43,49)(H,50,51,52)/b12-10+,30-28+. The number of aliphatic hydroxyl groups is 5. The molecular weight excluding hydrogens is 743 g/mol. The lowest BCUT2D eigenvalue weighted by molar-refractivity contribution is -0.298. The average Bonchev–Trinajstić information content (AvgIpc) is 3.16. The highest BCUT2D eigenvalue weighted by atomic mass is 32.3. The van der Waals surface area contributed by atoms with Crippen molar-refractivity contribution in [2.45, 2.75) is 223 Å². The lowest BCUT2D eigenvalue weighted by Crippen LogP contribution is -2.61. The number of unbranched alkanes of at least 4 members (excludes halogenated alkanes) is 21. The monoisotopic (exact) mass is 822 g/mol. The Labute approximate surface area is 338 Å². The van der Waals surface area contributed by atoms with Crippen molar-refractivity contribution in [2.24, 2.45) is 0 Å². The molecule has 0 radical (unpaired) electrons. The molecule has 8 unspecified atom stereocenters. The first-order valence-electron chi connectivity index (χ1n) is 21.8. The number of hydrogen-bond acceptors (Lipinski definition) is 11. The maximum Gasteiger partial charge on any atom is 0.397 e. The van der Waals surface area contributed by atoms with E-state index in [-0.39, 0.29) is 6.42 Å². The maximum atomic E-state index is 13.0. The molecule has 0 aromatic heterocycles. The Morgan fingerprint density at radius 3 is 1.70 bits per heavy atom. The molecule has 1 aliphatic rings. The highest BCUT2D eigenvalue weighted by molar-refractivity contribution is 7.80. The number of carbonyl (C=O) groups excluding carboxylic acids is 1. The molecule has 0 aromatic rings. The van der Waals surface area contributed by atoms with Gasteiger partial charge in [0.05, 0.1) is 25.4 Å². The van der Waals surface area contributed by atoms with Gasteiger partial charge in [0, 0.05) is 0 Å². The smallest absolute Gasteiger partial charge is 0.394 e. The van der Waals surface area contributed by atoms with Gasteiger partial charge in [0.1, 0.15) is 30.5 Å². The molecule has 0 spiro atoms. The van der Waals surface area contributed by atoms with Crippen LogP contribution in [-0.2, 0) is 28.9 Å². The first-order chi connectivity index (χ1) is 26.9. The van der Waals surface area contributed by atoms with E-state index in [0.29, 0.717) is 12.8 Å². The lowest BCUT2D eigenvalue weighted by Gasteiger charge is -2.41. The molecule has 13 nitrogen and oxygen atoms in total. The van der Waals surface area contributed by atoms with Crippen molar-refractivity contribution in [3.05, 3.63) is 24.3 Å². The van der Waals surface area contributed by atoms with Gasteiger partial charge in [-0.25, -0.2) is 4.18 Å². The van der Waals surface area contributed by atoms with Crippen molar-refractivity contribution in [1.29, 1.82) is 0 Å². The third kappa shape index (κ3) is 25.8. The number of hydrogen-bond donors (Lipinski definition) is 7. The third-order valence-corrected chi connectivity index (χ3v) is 10.8. The van der Waals surface area contributed by atoms with E-state index in [1.807, 2.05) is 0 Å². The highest BCUT2D eigenvalue weighted by Crippen LogP contribution is 2.26. The molecular formula is C42H79NO12S. The summed E-state index contributed by atoms with van der Waals surface area (Å²) in [6, 6.07) is -1.13. The van der Waals surface area contributed by atoms with E-state index < -0.39 is 78.5 Å². The van der Waals surface area contributed by atoms with Gasteiger partial charge in [0.15, 0.2) is 6.29 Å². The van der Waals surface area contributed by atoms with E-state index in [0.717, 1.165) is 44.9 Å². The van der Waals surface area contributed by atoms with Crippen molar-refractivity contribution in [2.75, 3.05) is 13.2 Å². The van der Waals surface area contributed by atoms with Crippen LogP contribution in [0.3, 0.4) is 0 Å². The van der Waals surface area contributed by atoms with Crippen LogP contribution in [0.15, 0.2) is 24.3 Å². The Balaban J connectivity index is 2.50. The number of ether oxygens (including phenoxy) is 2. The molecule has 14 heteroatoms. The summed E-state index contributed by atoms with van der Waals surface area (Å²) >= 11 is 0. The zero-order chi connectivity index (χ0) is 41.4. The SMILES string of the molecule is CCCC/C=C/CC/C=C/C(O)C(COC1OC(CO)C(O)C(OS(=O)(=O)O)C1O)NC(=O)C(O)CCCCCCCCCCCCCCCCCCCCC. The highest BCUT2D eigenvalue weighted by Gasteiger charge is 2.48. The summed E-state index contributed by atoms with van der Waals surface area (Å²) in [5.74, 6) is -0.714. The van der Waals surface area contributed by atoms with Crippen molar-refractivity contribution in [1.82, 2.24) is 5.32 Å². The minimum absolute atomic E-state index is 0.240. The van der Waals surface area contributed by atoms with Gasteiger partial charge in [-0.3, -0.25) is 9.35 Å². The number of carbonyl (C=O) groups is 1. The van der Waals surface area contributed by atoms with Gasteiger partial charge < -0.3 is 40.3 Å². The van der Waals surface area contributed by atoms with E-state index in [1.54, 1.807) is 6.08 Å². The summed E-state index contributed by atoms with van der Waals surface area (Å²) in [6.07, 6.45) is 24.5. The molecule has 1 amide bonds. The lowest BCUT2D eigenvalue weighted by atomic mass is 9.99. The van der Waals surface area contributed by atoms with Crippen LogP contribution in [0, 0.1) is 0 Å². The number of amides is 1. The predicted octanol–water partition coefficient (Wildman–Crippen LogP) is 6.74. The van der Waals surface area contributed by atoms with Gasteiger partial charge in [0.25, 0.3) is 0 Å². The van der Waals surface area contributed by atoms with E-state index in [1.165, 1.54) is 102 Å². The fourth-order valence-corrected chi connectivity index (χ4v) is 7.32. The molecule has 0 aliphatic carbocycles. The number of allylic oxidation sites excluding steroid dienone is 3. The average molecular weight is 822 g/mol. The summed E-state index contributed by atoms with van der Waals surface area (Å²) in [5, 5.41) is 54.8. The van der Waals surface area contributed by atoms with Crippen LogP contribution >= 0.6 is 0 Å². The third-order valence-electron chi connectivity index (χ3n) is 10.3. The van der Waals surface area contributed by atoms with Crippen LogP contribution in [0.1, 0.15) is 174 Å². The van der Waals surface area contributed by atoms with Crippen molar-refractivity contribution in [3.8, 4) is 0 Å². The van der Waals surface area contributed by atoms with Gasteiger partial charge >= 0.3 is 10.4 Å². The van der Waals surface area contributed by atoms with Crippen molar-refractivity contribution < 1.29 is 57.0 Å². The van der Waals surface area contributed by atoms with Gasteiger partial charge in [0.2, 0.25) is 5.91 Å². The summed E-state index contributed by atoms with van der Waals surface area (Å²) < 4.78 is 47.3. The number of nitrogens with one attached hydrogen (secondary N) is 1. The summed E-state index contributed by atoms with van der Waals surface area (Å²) in [5.41, 5.74) is 0. The molecule has 56 heavy (non-hydrogen) atoms. The quantitative estimate of drug-likeness (QED) is 0.0199. The van der Waals surface area contributed by atoms with Gasteiger partial charge in [-0.1, -0.05) is 173 Å². The zero-order valence-electron chi connectivity index (χ0n) is 34.6. The molecule has 330 valence electrons. The molecule has 7 N–H and O–H groups in total. The Morgan fingerprint density at radius 2 is 1.20 bits per heavy atom. The van der Waals surface area contributed by atoms with Crippen LogP contribution in [0.2, 0.25) is 0 Å². The topological polar surface area (TPSA) is 212 Å². The largest absolute Gasteiger partial charge is 0.397 e. The normalized spacial score (nSPS) is 22.2. The van der Waals surface area contributed by atoms with Crippen LogP contribution in [-0.4, -0.2) is 107 Å².